The number of amides is 1. The van der Waals surface area contributed by atoms with Crippen LogP contribution in [0.3, 0.4) is 0 Å². The Morgan fingerprint density at radius 2 is 2.00 bits per heavy atom. The molecule has 0 spiro atoms. The third-order valence-electron chi connectivity index (χ3n) is 2.70. The van der Waals surface area contributed by atoms with Gasteiger partial charge in [-0.25, -0.2) is 0 Å². The van der Waals surface area contributed by atoms with Crippen molar-refractivity contribution in [1.29, 1.82) is 0 Å². The maximum absolute atomic E-state index is 11.4. The first-order valence-corrected chi connectivity index (χ1v) is 5.27. The summed E-state index contributed by atoms with van der Waals surface area (Å²) in [6.07, 6.45) is 5.11. The number of carboxylic acids is 1. The first-order chi connectivity index (χ1) is 7.13. The molecule has 4 heteroatoms. The highest BCUT2D eigenvalue weighted by Crippen LogP contribution is 2.20. The van der Waals surface area contributed by atoms with E-state index in [2.05, 4.69) is 0 Å². The van der Waals surface area contributed by atoms with Crippen molar-refractivity contribution in [3.63, 3.8) is 0 Å². The normalized spacial score (nSPS) is 18.3. The number of carbonyl (C=O) groups is 2. The Bertz CT molecular complexity index is 265. The Kier molecular flexibility index (Phi) is 4.34. The lowest BCUT2D eigenvalue weighted by Gasteiger charge is -2.30. The van der Waals surface area contributed by atoms with Gasteiger partial charge in [-0.3, -0.25) is 9.59 Å². The summed E-state index contributed by atoms with van der Waals surface area (Å²) in [4.78, 5) is 23.7. The molecular weight excluding hydrogens is 194 g/mol. The summed E-state index contributed by atoms with van der Waals surface area (Å²) >= 11 is 0. The second-order valence-electron chi connectivity index (χ2n) is 3.87. The summed E-state index contributed by atoms with van der Waals surface area (Å²) in [5.74, 6) is -0.475. The van der Waals surface area contributed by atoms with E-state index in [1.807, 2.05) is 6.92 Å². The second kappa shape index (κ2) is 5.53. The van der Waals surface area contributed by atoms with E-state index >= 15 is 0 Å². The average molecular weight is 211 g/mol. The average Bonchev–Trinajstić information content (AvgIpc) is 2.18. The summed E-state index contributed by atoms with van der Waals surface area (Å²) in [5, 5.41) is 8.63. The lowest BCUT2D eigenvalue weighted by atomic mass is 9.93. The van der Waals surface area contributed by atoms with Crippen LogP contribution in [0.5, 0.6) is 0 Å². The van der Waals surface area contributed by atoms with Gasteiger partial charge >= 0.3 is 5.97 Å². The quantitative estimate of drug-likeness (QED) is 0.715. The minimum absolute atomic E-state index is 0.0336. The van der Waals surface area contributed by atoms with Crippen LogP contribution in [0.4, 0.5) is 0 Å². The van der Waals surface area contributed by atoms with E-state index in [9.17, 15) is 9.59 Å². The number of allylic oxidation sites excluding steroid dienone is 1. The van der Waals surface area contributed by atoms with E-state index in [4.69, 9.17) is 5.11 Å². The van der Waals surface area contributed by atoms with Gasteiger partial charge in [0.05, 0.1) is 0 Å². The molecule has 1 heterocycles. The number of hydrogen-bond acceptors (Lipinski definition) is 2. The Hall–Kier alpha value is -1.32. The molecular formula is C11H17NO3. The van der Waals surface area contributed by atoms with E-state index in [-0.39, 0.29) is 18.2 Å². The molecule has 1 saturated heterocycles. The summed E-state index contributed by atoms with van der Waals surface area (Å²) in [6.45, 7) is 3.18. The van der Waals surface area contributed by atoms with Crippen LogP contribution in [0.15, 0.2) is 12.2 Å². The van der Waals surface area contributed by atoms with Gasteiger partial charge in [0, 0.05) is 19.5 Å². The first-order valence-electron chi connectivity index (χ1n) is 5.27. The Morgan fingerprint density at radius 1 is 1.40 bits per heavy atom. The first kappa shape index (κ1) is 11.8. The summed E-state index contributed by atoms with van der Waals surface area (Å²) < 4.78 is 0. The number of hydrogen-bond donors (Lipinski definition) is 1. The summed E-state index contributed by atoms with van der Waals surface area (Å²) in [6, 6.07) is 0. The van der Waals surface area contributed by atoms with Crippen molar-refractivity contribution in [2.24, 2.45) is 5.92 Å². The molecule has 0 radical (unpaired) electrons. The van der Waals surface area contributed by atoms with Gasteiger partial charge in [-0.05, 0) is 31.8 Å². The van der Waals surface area contributed by atoms with Crippen LogP contribution in [-0.2, 0) is 9.59 Å². The molecule has 4 nitrogen and oxygen atoms in total. The van der Waals surface area contributed by atoms with Crippen molar-refractivity contribution in [2.75, 3.05) is 13.1 Å². The SMILES string of the molecule is CC=CC(=O)N1CCC(CC(=O)O)CC1. The number of likely N-dealkylation sites (tertiary alicyclic amines) is 1. The van der Waals surface area contributed by atoms with Gasteiger partial charge in [0.2, 0.25) is 5.91 Å². The molecule has 0 aromatic heterocycles. The molecule has 1 fully saturated rings. The van der Waals surface area contributed by atoms with Crippen LogP contribution in [0.25, 0.3) is 0 Å². The molecule has 0 aromatic rings. The lowest BCUT2D eigenvalue weighted by molar-refractivity contribution is -0.138. The molecule has 1 rings (SSSR count). The predicted molar refractivity (Wildman–Crippen MR) is 56.4 cm³/mol. The largest absolute Gasteiger partial charge is 0.481 e. The predicted octanol–water partition coefficient (Wildman–Crippen LogP) is 1.28. The standard InChI is InChI=1S/C11H17NO3/c1-2-3-10(13)12-6-4-9(5-7-12)8-11(14)15/h2-3,9H,4-8H2,1H3,(H,14,15). The zero-order chi connectivity index (χ0) is 11.3. The van der Waals surface area contributed by atoms with E-state index in [1.165, 1.54) is 0 Å². The summed E-state index contributed by atoms with van der Waals surface area (Å²) in [5.41, 5.74) is 0. The minimum Gasteiger partial charge on any atom is -0.481 e. The number of nitrogens with zero attached hydrogens (tertiary/aromatic N) is 1. The zero-order valence-electron chi connectivity index (χ0n) is 8.98. The van der Waals surface area contributed by atoms with E-state index in [0.29, 0.717) is 13.1 Å². The molecule has 0 bridgehead atoms. The zero-order valence-corrected chi connectivity index (χ0v) is 8.98. The van der Waals surface area contributed by atoms with Crippen LogP contribution >= 0.6 is 0 Å². The Balaban J connectivity index is 2.35. The monoisotopic (exact) mass is 211 g/mol. The van der Waals surface area contributed by atoms with Crippen LogP contribution in [0, 0.1) is 5.92 Å². The van der Waals surface area contributed by atoms with Gasteiger partial charge in [-0.2, -0.15) is 0 Å². The van der Waals surface area contributed by atoms with Gasteiger partial charge in [-0.1, -0.05) is 6.08 Å². The molecule has 84 valence electrons. The molecule has 1 aliphatic heterocycles. The van der Waals surface area contributed by atoms with Crippen LogP contribution in [0.2, 0.25) is 0 Å². The molecule has 1 N–H and O–H groups in total. The fraction of sp³-hybridized carbons (Fsp3) is 0.636. The molecule has 0 unspecified atom stereocenters. The van der Waals surface area contributed by atoms with Crippen molar-refractivity contribution >= 4 is 11.9 Å². The lowest BCUT2D eigenvalue weighted by Crippen LogP contribution is -2.37. The number of aliphatic carboxylic acids is 1. The van der Waals surface area contributed by atoms with Gasteiger partial charge in [0.1, 0.15) is 0 Å². The van der Waals surface area contributed by atoms with E-state index < -0.39 is 5.97 Å². The molecule has 0 saturated carbocycles. The third kappa shape index (κ3) is 3.73. The van der Waals surface area contributed by atoms with Gasteiger partial charge in [-0.15, -0.1) is 0 Å². The number of rotatable bonds is 3. The number of carboxylic acid groups (broad SMARTS) is 1. The van der Waals surface area contributed by atoms with Gasteiger partial charge in [0.15, 0.2) is 0 Å². The maximum Gasteiger partial charge on any atom is 0.303 e. The Morgan fingerprint density at radius 3 is 2.47 bits per heavy atom. The Labute approximate surface area is 89.6 Å². The fourth-order valence-electron chi connectivity index (χ4n) is 1.85. The molecule has 15 heavy (non-hydrogen) atoms. The molecule has 1 aliphatic rings. The van der Waals surface area contributed by atoms with Gasteiger partial charge < -0.3 is 10.0 Å². The highest BCUT2D eigenvalue weighted by atomic mass is 16.4. The van der Waals surface area contributed by atoms with E-state index in [1.54, 1.807) is 17.1 Å². The van der Waals surface area contributed by atoms with Crippen LogP contribution < -0.4 is 0 Å². The highest BCUT2D eigenvalue weighted by molar-refractivity contribution is 5.87. The maximum atomic E-state index is 11.4. The molecule has 0 aromatic carbocycles. The molecule has 0 atom stereocenters. The fourth-order valence-corrected chi connectivity index (χ4v) is 1.85. The summed E-state index contributed by atoms with van der Waals surface area (Å²) in [7, 11) is 0. The van der Waals surface area contributed by atoms with E-state index in [0.717, 1.165) is 12.8 Å². The highest BCUT2D eigenvalue weighted by Gasteiger charge is 2.22. The topological polar surface area (TPSA) is 57.6 Å². The van der Waals surface area contributed by atoms with Gasteiger partial charge in [0.25, 0.3) is 0 Å². The van der Waals surface area contributed by atoms with Crippen molar-refractivity contribution in [3.8, 4) is 0 Å². The van der Waals surface area contributed by atoms with Crippen molar-refractivity contribution in [3.05, 3.63) is 12.2 Å². The second-order valence-corrected chi connectivity index (χ2v) is 3.87. The van der Waals surface area contributed by atoms with Crippen molar-refractivity contribution in [1.82, 2.24) is 4.90 Å². The number of piperidine rings is 1. The number of carbonyl (C=O) groups excluding carboxylic acids is 1. The molecule has 1 amide bonds. The molecule has 0 aliphatic carbocycles. The third-order valence-corrected chi connectivity index (χ3v) is 2.70. The van der Waals surface area contributed by atoms with Crippen LogP contribution in [-0.4, -0.2) is 35.0 Å². The van der Waals surface area contributed by atoms with Crippen LogP contribution in [0.1, 0.15) is 26.2 Å². The minimum atomic E-state index is -0.742. The van der Waals surface area contributed by atoms with Crippen molar-refractivity contribution in [2.45, 2.75) is 26.2 Å². The smallest absolute Gasteiger partial charge is 0.303 e. The van der Waals surface area contributed by atoms with Crippen molar-refractivity contribution < 1.29 is 14.7 Å².